The van der Waals surface area contributed by atoms with Crippen molar-refractivity contribution >= 4 is 32.9 Å². The molecule has 0 saturated carbocycles. The number of allylic oxidation sites excluding steroid dienone is 4. The average Bonchev–Trinajstić information content (AvgIpc) is 3.31. The maximum absolute atomic E-state index is 4.82. The zero-order valence-electron chi connectivity index (χ0n) is 34.2. The van der Waals surface area contributed by atoms with Crippen molar-refractivity contribution in [1.29, 1.82) is 0 Å². The molecule has 0 unspecified atom stereocenters. The summed E-state index contributed by atoms with van der Waals surface area (Å²) in [6, 6.07) is 56.0. The second-order valence-electron chi connectivity index (χ2n) is 16.0. The third kappa shape index (κ3) is 6.57. The molecule has 1 aliphatic rings. The van der Waals surface area contributed by atoms with Gasteiger partial charge in [0.2, 0.25) is 0 Å². The fourth-order valence-electron chi connectivity index (χ4n) is 9.19. The first-order chi connectivity index (χ1) is 28.3. The first kappa shape index (κ1) is 36.9. The Morgan fingerprint density at radius 1 is 0.500 bits per heavy atom. The summed E-state index contributed by atoms with van der Waals surface area (Å²) in [7, 11) is 0. The van der Waals surface area contributed by atoms with Crippen LogP contribution in [0.2, 0.25) is 0 Å². The number of anilines is 2. The second kappa shape index (κ2) is 15.3. The Kier molecular flexibility index (Phi) is 9.76. The molecule has 0 spiro atoms. The van der Waals surface area contributed by atoms with Crippen LogP contribution >= 0.6 is 0 Å². The van der Waals surface area contributed by atoms with Crippen LogP contribution in [0.5, 0.6) is 0 Å². The molecule has 9 rings (SSSR count). The first-order valence-corrected chi connectivity index (χ1v) is 20.5. The lowest BCUT2D eigenvalue weighted by atomic mass is 9.84. The highest BCUT2D eigenvalue weighted by Crippen LogP contribution is 2.46. The number of rotatable bonds is 6. The minimum absolute atomic E-state index is 0.769. The van der Waals surface area contributed by atoms with Crippen molar-refractivity contribution in [1.82, 2.24) is 0 Å². The van der Waals surface area contributed by atoms with Gasteiger partial charge < -0.3 is 4.90 Å². The van der Waals surface area contributed by atoms with Crippen molar-refractivity contribution in [2.24, 2.45) is 0 Å². The molecule has 0 aliphatic heterocycles. The van der Waals surface area contributed by atoms with E-state index in [4.69, 9.17) is 6.58 Å². The molecule has 0 fully saturated rings. The van der Waals surface area contributed by atoms with Crippen molar-refractivity contribution < 1.29 is 0 Å². The SMILES string of the molecule is C=C1Cc2ccccc2C/C=C\C=C1N(c1ccc2ccc3cc(-c4ccccc4C)c(C)c(-c4ccccc4C)c3c2c1)c1cccc(-c2ccccc2C)c1C. The maximum Gasteiger partial charge on any atom is 0.0497 e. The number of hydrogen-bond acceptors (Lipinski definition) is 1. The average molecular weight is 748 g/mol. The Morgan fingerprint density at radius 3 is 1.79 bits per heavy atom. The molecule has 0 amide bonds. The zero-order valence-corrected chi connectivity index (χ0v) is 34.2. The topological polar surface area (TPSA) is 3.24 Å². The molecule has 58 heavy (non-hydrogen) atoms. The zero-order chi connectivity index (χ0) is 39.9. The van der Waals surface area contributed by atoms with Gasteiger partial charge in [-0.25, -0.2) is 0 Å². The molecule has 0 bridgehead atoms. The van der Waals surface area contributed by atoms with Gasteiger partial charge >= 0.3 is 0 Å². The van der Waals surface area contributed by atoms with Gasteiger partial charge in [0.05, 0.1) is 0 Å². The summed E-state index contributed by atoms with van der Waals surface area (Å²) in [5.74, 6) is 0. The Bertz CT molecular complexity index is 2970. The molecule has 0 N–H and O–H groups in total. The van der Waals surface area contributed by atoms with Gasteiger partial charge in [0.1, 0.15) is 0 Å². The van der Waals surface area contributed by atoms with Crippen LogP contribution in [0.3, 0.4) is 0 Å². The smallest absolute Gasteiger partial charge is 0.0497 e. The van der Waals surface area contributed by atoms with Gasteiger partial charge in [0, 0.05) is 17.1 Å². The molecule has 0 aromatic heterocycles. The van der Waals surface area contributed by atoms with Crippen LogP contribution in [0.1, 0.15) is 38.9 Å². The van der Waals surface area contributed by atoms with E-state index in [0.717, 1.165) is 35.5 Å². The number of hydrogen-bond donors (Lipinski definition) is 0. The number of nitrogens with zero attached hydrogens (tertiary/aromatic N) is 1. The summed E-state index contributed by atoms with van der Waals surface area (Å²) in [6.07, 6.45) is 8.44. The van der Waals surface area contributed by atoms with E-state index >= 15 is 0 Å². The van der Waals surface area contributed by atoms with Crippen LogP contribution in [0.4, 0.5) is 11.4 Å². The molecule has 1 nitrogen and oxygen atoms in total. The van der Waals surface area contributed by atoms with Crippen LogP contribution in [0.25, 0.3) is 54.9 Å². The third-order valence-electron chi connectivity index (χ3n) is 12.3. The third-order valence-corrected chi connectivity index (χ3v) is 12.3. The van der Waals surface area contributed by atoms with Crippen LogP contribution in [0, 0.1) is 34.6 Å². The minimum atomic E-state index is 0.769. The standard InChI is InChI=1S/C57H49N/c1-37-18-7-13-24-48(37)51-27-17-29-55(41(51)5)58(54-28-16-12-22-43-21-10-11-23-45(43)34-40(54)4)47-33-32-44-30-31-46-35-52(49-25-14-8-19-38(49)2)42(6)56(57(46)53(44)36-47)50-26-15-9-20-39(50)3/h7-21,23-33,35-36H,4,22,34H2,1-3,5-6H3/b16-12-,54-28?. The number of fused-ring (bicyclic) bond motifs is 4. The van der Waals surface area contributed by atoms with E-state index in [9.17, 15) is 0 Å². The molecule has 0 saturated heterocycles. The normalized spacial score (nSPS) is 13.4. The fraction of sp³-hybridized carbons (Fsp3) is 0.123. The predicted octanol–water partition coefficient (Wildman–Crippen LogP) is 15.5. The molecule has 0 atom stereocenters. The van der Waals surface area contributed by atoms with Gasteiger partial charge in [0.25, 0.3) is 0 Å². The first-order valence-electron chi connectivity index (χ1n) is 20.5. The summed E-state index contributed by atoms with van der Waals surface area (Å²) in [5, 5.41) is 4.97. The molecule has 8 aromatic rings. The Labute approximate surface area is 344 Å². The molecule has 1 heteroatoms. The Balaban J connectivity index is 1.33. The summed E-state index contributed by atoms with van der Waals surface area (Å²) in [5.41, 5.74) is 21.1. The van der Waals surface area contributed by atoms with E-state index < -0.39 is 0 Å². The van der Waals surface area contributed by atoms with Gasteiger partial charge in [-0.05, 0) is 177 Å². The monoisotopic (exact) mass is 747 g/mol. The number of benzene rings is 8. The summed E-state index contributed by atoms with van der Waals surface area (Å²) < 4.78 is 0. The molecular weight excluding hydrogens is 699 g/mol. The van der Waals surface area contributed by atoms with Gasteiger partial charge in [0.15, 0.2) is 0 Å². The van der Waals surface area contributed by atoms with Crippen molar-refractivity contribution in [3.8, 4) is 33.4 Å². The maximum atomic E-state index is 4.82. The van der Waals surface area contributed by atoms with E-state index in [0.29, 0.717) is 0 Å². The van der Waals surface area contributed by atoms with Crippen LogP contribution in [0.15, 0.2) is 188 Å². The molecule has 1 aliphatic carbocycles. The van der Waals surface area contributed by atoms with E-state index in [-0.39, 0.29) is 0 Å². The lowest BCUT2D eigenvalue weighted by Gasteiger charge is -2.32. The summed E-state index contributed by atoms with van der Waals surface area (Å²) >= 11 is 0. The van der Waals surface area contributed by atoms with Gasteiger partial charge in [-0.1, -0.05) is 146 Å². The van der Waals surface area contributed by atoms with E-state index in [1.54, 1.807) is 0 Å². The molecule has 0 radical (unpaired) electrons. The summed E-state index contributed by atoms with van der Waals surface area (Å²) in [4.78, 5) is 2.47. The quantitative estimate of drug-likeness (QED) is 0.153. The predicted molar refractivity (Wildman–Crippen MR) is 250 cm³/mol. The molecular formula is C57H49N. The largest absolute Gasteiger partial charge is 0.310 e. The lowest BCUT2D eigenvalue weighted by Crippen LogP contribution is -2.20. The molecule has 8 aromatic carbocycles. The fourth-order valence-corrected chi connectivity index (χ4v) is 9.19. The van der Waals surface area contributed by atoms with Crippen molar-refractivity contribution in [3.05, 3.63) is 227 Å². The van der Waals surface area contributed by atoms with Gasteiger partial charge in [-0.15, -0.1) is 0 Å². The highest BCUT2D eigenvalue weighted by atomic mass is 15.2. The minimum Gasteiger partial charge on any atom is -0.310 e. The van der Waals surface area contributed by atoms with Crippen LogP contribution in [-0.2, 0) is 12.8 Å². The van der Waals surface area contributed by atoms with Gasteiger partial charge in [-0.3, -0.25) is 0 Å². The van der Waals surface area contributed by atoms with Gasteiger partial charge in [-0.2, -0.15) is 0 Å². The molecule has 282 valence electrons. The molecule has 0 heterocycles. The van der Waals surface area contributed by atoms with E-state index in [1.165, 1.54) is 93.9 Å². The van der Waals surface area contributed by atoms with Crippen LogP contribution in [-0.4, -0.2) is 0 Å². The van der Waals surface area contributed by atoms with Crippen LogP contribution < -0.4 is 4.90 Å². The van der Waals surface area contributed by atoms with Crippen molar-refractivity contribution in [2.45, 2.75) is 47.5 Å². The van der Waals surface area contributed by atoms with Crippen molar-refractivity contribution in [3.63, 3.8) is 0 Å². The summed E-state index contributed by atoms with van der Waals surface area (Å²) in [6.45, 7) is 16.1. The highest BCUT2D eigenvalue weighted by molar-refractivity contribution is 6.17. The second-order valence-corrected chi connectivity index (χ2v) is 16.0. The van der Waals surface area contributed by atoms with E-state index in [2.05, 4.69) is 209 Å². The highest BCUT2D eigenvalue weighted by Gasteiger charge is 2.24. The number of aryl methyl sites for hydroxylation is 3. The Hall–Kier alpha value is -6.70. The van der Waals surface area contributed by atoms with E-state index in [1.807, 2.05) is 0 Å². The van der Waals surface area contributed by atoms with Crippen molar-refractivity contribution in [2.75, 3.05) is 4.90 Å². The Morgan fingerprint density at radius 2 is 1.09 bits per heavy atom. The lowest BCUT2D eigenvalue weighted by molar-refractivity contribution is 1.06.